The third kappa shape index (κ3) is 7.56. The first kappa shape index (κ1) is 26.3. The lowest BCUT2D eigenvalue weighted by molar-refractivity contribution is -0.278. The summed E-state index contributed by atoms with van der Waals surface area (Å²) in [4.78, 5) is 34.9. The van der Waals surface area contributed by atoms with Crippen LogP contribution in [0, 0.1) is 17.8 Å². The molecule has 1 saturated heterocycles. The average molecular weight is 554 g/mol. The zero-order valence-corrected chi connectivity index (χ0v) is 21.3. The largest absolute Gasteiger partial charge is 0.463 e. The van der Waals surface area contributed by atoms with E-state index in [0.29, 0.717) is 17.8 Å². The Morgan fingerprint density at radius 2 is 1.61 bits per heavy atom. The summed E-state index contributed by atoms with van der Waals surface area (Å²) in [7, 11) is 0. The van der Waals surface area contributed by atoms with Crippen molar-refractivity contribution in [3.8, 4) is 0 Å². The molecule has 1 heterocycles. The summed E-state index contributed by atoms with van der Waals surface area (Å²) in [6.07, 6.45) is -0.0336. The highest BCUT2D eigenvalue weighted by Gasteiger charge is 2.51. The van der Waals surface area contributed by atoms with E-state index in [1.807, 2.05) is 0 Å². The molecular weight excluding hydrogens is 519 g/mol. The number of carbonyl (C=O) groups excluding carboxylic acids is 3. The fraction of sp³-hybridized carbons (Fsp3) is 0.864. The lowest BCUT2D eigenvalue weighted by atomic mass is 9.75. The minimum Gasteiger partial charge on any atom is -0.463 e. The van der Waals surface area contributed by atoms with Crippen molar-refractivity contribution in [2.24, 2.45) is 17.8 Å². The zero-order valence-electron chi connectivity index (χ0n) is 19.2. The number of alkyl halides is 1. The summed E-state index contributed by atoms with van der Waals surface area (Å²) in [5, 5.41) is 0. The Kier molecular flexibility index (Phi) is 10.0. The van der Waals surface area contributed by atoms with Crippen molar-refractivity contribution >= 4 is 40.5 Å². The second kappa shape index (κ2) is 11.8. The lowest BCUT2D eigenvalue weighted by Gasteiger charge is -2.46. The second-order valence-electron chi connectivity index (χ2n) is 8.94. The van der Waals surface area contributed by atoms with Crippen LogP contribution in [0.1, 0.15) is 60.8 Å². The fourth-order valence-electron chi connectivity index (χ4n) is 4.41. The van der Waals surface area contributed by atoms with Crippen LogP contribution >= 0.6 is 22.6 Å². The normalized spacial score (nSPS) is 36.0. The van der Waals surface area contributed by atoms with E-state index in [4.69, 9.17) is 23.7 Å². The van der Waals surface area contributed by atoms with Gasteiger partial charge in [0.15, 0.2) is 18.5 Å². The third-order valence-electron chi connectivity index (χ3n) is 5.90. The predicted molar refractivity (Wildman–Crippen MR) is 120 cm³/mol. The molecule has 8 nitrogen and oxygen atoms in total. The highest BCUT2D eigenvalue weighted by Crippen LogP contribution is 2.39. The average Bonchev–Trinajstić information content (AvgIpc) is 2.64. The summed E-state index contributed by atoms with van der Waals surface area (Å²) < 4.78 is 28.4. The van der Waals surface area contributed by atoms with Crippen LogP contribution in [0.2, 0.25) is 0 Å². The smallest absolute Gasteiger partial charge is 0.303 e. The van der Waals surface area contributed by atoms with E-state index in [1.54, 1.807) is 0 Å². The molecular formula is C22H35IO8. The molecule has 8 atom stereocenters. The molecule has 9 heteroatoms. The van der Waals surface area contributed by atoms with Crippen LogP contribution in [0.5, 0.6) is 0 Å². The molecule has 0 radical (unpaired) electrons. The molecule has 0 bridgehead atoms. The quantitative estimate of drug-likeness (QED) is 0.205. The molecule has 0 amide bonds. The molecule has 1 aliphatic heterocycles. The number of halogens is 1. The Bertz CT molecular complexity index is 639. The van der Waals surface area contributed by atoms with Crippen LogP contribution in [0.4, 0.5) is 0 Å². The molecule has 31 heavy (non-hydrogen) atoms. The van der Waals surface area contributed by atoms with Gasteiger partial charge in [0.25, 0.3) is 0 Å². The maximum Gasteiger partial charge on any atom is 0.303 e. The number of rotatable bonds is 7. The first-order chi connectivity index (χ1) is 14.5. The number of esters is 3. The van der Waals surface area contributed by atoms with E-state index in [0.717, 1.165) is 12.8 Å². The van der Waals surface area contributed by atoms with Gasteiger partial charge in [0.05, 0.1) is 6.10 Å². The molecule has 0 aromatic carbocycles. The second-order valence-corrected chi connectivity index (χ2v) is 10.4. The van der Waals surface area contributed by atoms with Gasteiger partial charge in [0, 0.05) is 20.8 Å². The molecule has 1 aliphatic carbocycles. The topological polar surface area (TPSA) is 97.4 Å². The summed E-state index contributed by atoms with van der Waals surface area (Å²) in [5.74, 6) is -0.114. The van der Waals surface area contributed by atoms with Gasteiger partial charge in [-0.1, -0.05) is 49.8 Å². The van der Waals surface area contributed by atoms with Crippen molar-refractivity contribution in [2.75, 3.05) is 6.61 Å². The molecule has 2 fully saturated rings. The lowest BCUT2D eigenvalue weighted by Crippen LogP contribution is -2.60. The number of hydrogen-bond donors (Lipinski definition) is 0. The van der Waals surface area contributed by atoms with E-state index < -0.39 is 46.4 Å². The summed E-state index contributed by atoms with van der Waals surface area (Å²) >= 11 is 2.13. The fourth-order valence-corrected chi connectivity index (χ4v) is 5.31. The summed E-state index contributed by atoms with van der Waals surface area (Å²) in [6.45, 7) is 10.3. The van der Waals surface area contributed by atoms with Crippen LogP contribution < -0.4 is 0 Å². The highest BCUT2D eigenvalue weighted by molar-refractivity contribution is 14.1. The minimum absolute atomic E-state index is 0.00337. The van der Waals surface area contributed by atoms with Gasteiger partial charge in [-0.2, -0.15) is 0 Å². The van der Waals surface area contributed by atoms with Gasteiger partial charge in [-0.05, 0) is 30.6 Å². The molecule has 0 spiro atoms. The molecule has 0 N–H and O–H groups in total. The van der Waals surface area contributed by atoms with Crippen LogP contribution in [0.15, 0.2) is 0 Å². The standard InChI is InChI=1S/C22H35IO8/c1-11(2)16-8-7-12(3)9-17(16)30-22-19(23)21(29-15(6)26)20(28-14(5)25)18(31-22)10-27-13(4)24/h11-12,16-22H,7-10H2,1-6H3/t12-,16+,17-,18-,19+,20-,21-,22+/m1/s1. The van der Waals surface area contributed by atoms with Gasteiger partial charge in [-0.25, -0.2) is 0 Å². The Morgan fingerprint density at radius 3 is 2.16 bits per heavy atom. The summed E-state index contributed by atoms with van der Waals surface area (Å²) in [5.41, 5.74) is 0. The van der Waals surface area contributed by atoms with Crippen LogP contribution in [-0.4, -0.2) is 59.1 Å². The number of hydrogen-bond acceptors (Lipinski definition) is 8. The molecule has 2 aliphatic rings. The predicted octanol–water partition coefficient (Wildman–Crippen LogP) is 3.42. The molecule has 0 aromatic rings. The van der Waals surface area contributed by atoms with Crippen molar-refractivity contribution < 1.29 is 38.1 Å². The third-order valence-corrected chi connectivity index (χ3v) is 7.19. The molecule has 1 saturated carbocycles. The SMILES string of the molecule is CC(=O)OC[C@H]1O[C@H](O[C@@H]2C[C@H](C)CC[C@H]2C(C)C)[C@@H](I)[C@@H](OC(C)=O)[C@@H]1OC(C)=O. The molecule has 178 valence electrons. The Balaban J connectivity index is 2.28. The Hall–Kier alpha value is -0.940. The Labute approximate surface area is 198 Å². The van der Waals surface area contributed by atoms with Gasteiger partial charge in [0.1, 0.15) is 16.6 Å². The van der Waals surface area contributed by atoms with Crippen molar-refractivity contribution in [1.82, 2.24) is 0 Å². The van der Waals surface area contributed by atoms with Crippen molar-refractivity contribution in [3.05, 3.63) is 0 Å². The monoisotopic (exact) mass is 554 g/mol. The van der Waals surface area contributed by atoms with E-state index in [2.05, 4.69) is 43.4 Å². The van der Waals surface area contributed by atoms with Crippen molar-refractivity contribution in [2.45, 2.75) is 95.4 Å². The molecule has 0 unspecified atom stereocenters. The van der Waals surface area contributed by atoms with E-state index >= 15 is 0 Å². The highest BCUT2D eigenvalue weighted by atomic mass is 127. The molecule has 0 aromatic heterocycles. The number of carbonyl (C=O) groups is 3. The minimum atomic E-state index is -0.909. The first-order valence-electron chi connectivity index (χ1n) is 10.9. The first-order valence-corrected chi connectivity index (χ1v) is 12.2. The van der Waals surface area contributed by atoms with Crippen LogP contribution in [0.3, 0.4) is 0 Å². The maximum absolute atomic E-state index is 11.8. The van der Waals surface area contributed by atoms with Gasteiger partial charge < -0.3 is 23.7 Å². The van der Waals surface area contributed by atoms with Gasteiger partial charge >= 0.3 is 17.9 Å². The summed E-state index contributed by atoms with van der Waals surface area (Å²) in [6, 6.07) is 0. The van der Waals surface area contributed by atoms with Crippen LogP contribution in [0.25, 0.3) is 0 Å². The molecule has 2 rings (SSSR count). The van der Waals surface area contributed by atoms with Gasteiger partial charge in [-0.15, -0.1) is 0 Å². The maximum atomic E-state index is 11.8. The van der Waals surface area contributed by atoms with E-state index in [1.165, 1.54) is 27.2 Å². The van der Waals surface area contributed by atoms with Gasteiger partial charge in [-0.3, -0.25) is 14.4 Å². The van der Waals surface area contributed by atoms with Crippen LogP contribution in [-0.2, 0) is 38.1 Å². The Morgan fingerprint density at radius 1 is 1.00 bits per heavy atom. The van der Waals surface area contributed by atoms with E-state index in [-0.39, 0.29) is 12.7 Å². The van der Waals surface area contributed by atoms with Crippen molar-refractivity contribution in [3.63, 3.8) is 0 Å². The van der Waals surface area contributed by atoms with E-state index in [9.17, 15) is 14.4 Å². The zero-order chi connectivity index (χ0) is 23.3. The van der Waals surface area contributed by atoms with Gasteiger partial charge in [0.2, 0.25) is 0 Å². The van der Waals surface area contributed by atoms with Crippen molar-refractivity contribution in [1.29, 1.82) is 0 Å². The number of ether oxygens (including phenoxy) is 5.